The van der Waals surface area contributed by atoms with Crippen LogP contribution in [0.25, 0.3) is 0 Å². The highest BCUT2D eigenvalue weighted by Gasteiger charge is 2.45. The molecule has 0 aromatic rings. The molecule has 0 aliphatic carbocycles. The van der Waals surface area contributed by atoms with Crippen LogP contribution in [0.5, 0.6) is 0 Å². The maximum absolute atomic E-state index is 2.70. The van der Waals surface area contributed by atoms with Crippen molar-refractivity contribution in [1.29, 1.82) is 0 Å². The van der Waals surface area contributed by atoms with Crippen molar-refractivity contribution < 1.29 is 0 Å². The van der Waals surface area contributed by atoms with Crippen molar-refractivity contribution in [2.75, 3.05) is 39.8 Å². The van der Waals surface area contributed by atoms with Crippen LogP contribution in [0, 0.1) is 16.7 Å². The molecular formula is C16H32N2. The molecule has 0 radical (unpaired) electrons. The van der Waals surface area contributed by atoms with E-state index in [4.69, 9.17) is 0 Å². The predicted molar refractivity (Wildman–Crippen MR) is 78.8 cm³/mol. The Morgan fingerprint density at radius 1 is 1.11 bits per heavy atom. The molecule has 2 aliphatic heterocycles. The number of hydrogen-bond donors (Lipinski definition) is 0. The Hall–Kier alpha value is -0.0800. The Morgan fingerprint density at radius 3 is 2.17 bits per heavy atom. The maximum atomic E-state index is 2.70. The van der Waals surface area contributed by atoms with E-state index in [-0.39, 0.29) is 0 Å². The lowest BCUT2D eigenvalue weighted by Gasteiger charge is -2.55. The van der Waals surface area contributed by atoms with Gasteiger partial charge in [-0.25, -0.2) is 0 Å². The highest BCUT2D eigenvalue weighted by molar-refractivity contribution is 4.99. The van der Waals surface area contributed by atoms with Crippen molar-refractivity contribution in [3.05, 3.63) is 0 Å². The molecule has 1 spiro atoms. The number of likely N-dealkylation sites (tertiary alicyclic amines) is 2. The SMILES string of the molecule is CC(C)CC(C)(C)CN1CC2(CCN(C)CC2)C1. The lowest BCUT2D eigenvalue weighted by Crippen LogP contribution is -2.61. The fourth-order valence-electron chi connectivity index (χ4n) is 4.20. The lowest BCUT2D eigenvalue weighted by atomic mass is 9.70. The quantitative estimate of drug-likeness (QED) is 0.758. The monoisotopic (exact) mass is 252 g/mol. The van der Waals surface area contributed by atoms with E-state index in [2.05, 4.69) is 44.5 Å². The van der Waals surface area contributed by atoms with Crippen LogP contribution >= 0.6 is 0 Å². The van der Waals surface area contributed by atoms with Crippen LogP contribution in [-0.4, -0.2) is 49.6 Å². The summed E-state index contributed by atoms with van der Waals surface area (Å²) in [5.41, 5.74) is 1.18. The van der Waals surface area contributed by atoms with E-state index >= 15 is 0 Å². The molecule has 2 fully saturated rings. The molecule has 106 valence electrons. The average Bonchev–Trinajstić information content (AvgIpc) is 2.16. The third-order valence-corrected chi connectivity index (χ3v) is 4.78. The zero-order chi connectivity index (χ0) is 13.4. The summed E-state index contributed by atoms with van der Waals surface area (Å²) in [6, 6.07) is 0. The first-order valence-corrected chi connectivity index (χ1v) is 7.71. The van der Waals surface area contributed by atoms with Gasteiger partial charge in [0.2, 0.25) is 0 Å². The second-order valence-corrected chi connectivity index (χ2v) is 8.21. The molecule has 18 heavy (non-hydrogen) atoms. The molecule has 0 amide bonds. The van der Waals surface area contributed by atoms with Gasteiger partial charge in [0.05, 0.1) is 0 Å². The maximum Gasteiger partial charge on any atom is 0.00517 e. The van der Waals surface area contributed by atoms with Gasteiger partial charge < -0.3 is 9.80 Å². The van der Waals surface area contributed by atoms with Gasteiger partial charge in [-0.3, -0.25) is 0 Å². The van der Waals surface area contributed by atoms with Crippen LogP contribution in [0.2, 0.25) is 0 Å². The molecule has 0 unspecified atom stereocenters. The molecule has 0 N–H and O–H groups in total. The molecule has 0 saturated carbocycles. The molecule has 2 rings (SSSR count). The smallest absolute Gasteiger partial charge is 0.00517 e. The molecule has 2 aliphatic rings. The van der Waals surface area contributed by atoms with Crippen LogP contribution in [0.1, 0.15) is 47.0 Å². The first-order valence-electron chi connectivity index (χ1n) is 7.71. The van der Waals surface area contributed by atoms with Gasteiger partial charge in [0, 0.05) is 19.6 Å². The summed E-state index contributed by atoms with van der Waals surface area (Å²) in [6.45, 7) is 16.2. The molecule has 0 atom stereocenters. The van der Waals surface area contributed by atoms with Gasteiger partial charge in [0.25, 0.3) is 0 Å². The minimum Gasteiger partial charge on any atom is -0.306 e. The highest BCUT2D eigenvalue weighted by atomic mass is 15.2. The average molecular weight is 252 g/mol. The second kappa shape index (κ2) is 5.13. The van der Waals surface area contributed by atoms with Crippen molar-refractivity contribution in [3.63, 3.8) is 0 Å². The Kier molecular flexibility index (Phi) is 4.08. The summed E-state index contributed by atoms with van der Waals surface area (Å²) in [4.78, 5) is 5.18. The molecule has 0 bridgehead atoms. The van der Waals surface area contributed by atoms with E-state index in [0.29, 0.717) is 10.8 Å². The van der Waals surface area contributed by atoms with Crippen molar-refractivity contribution in [2.24, 2.45) is 16.7 Å². The third kappa shape index (κ3) is 3.48. The van der Waals surface area contributed by atoms with E-state index in [9.17, 15) is 0 Å². The first kappa shape index (κ1) is 14.3. The topological polar surface area (TPSA) is 6.48 Å². The standard InChI is InChI=1S/C16H32N2/c1-14(2)10-15(3,4)11-18-12-16(13-18)6-8-17(5)9-7-16/h14H,6-13H2,1-5H3. The lowest BCUT2D eigenvalue weighted by molar-refractivity contribution is -0.0600. The van der Waals surface area contributed by atoms with Gasteiger partial charge in [0.15, 0.2) is 0 Å². The summed E-state index contributed by atoms with van der Waals surface area (Å²) in [6.07, 6.45) is 4.19. The minimum atomic E-state index is 0.487. The normalized spacial score (nSPS) is 25.7. The second-order valence-electron chi connectivity index (χ2n) is 8.21. The summed E-state index contributed by atoms with van der Waals surface area (Å²) in [5, 5.41) is 0. The number of piperidine rings is 1. The van der Waals surface area contributed by atoms with Crippen LogP contribution in [0.15, 0.2) is 0 Å². The molecule has 0 aromatic heterocycles. The summed E-state index contributed by atoms with van der Waals surface area (Å²) in [5.74, 6) is 0.818. The first-order chi connectivity index (χ1) is 8.30. The predicted octanol–water partition coefficient (Wildman–Crippen LogP) is 3.09. The van der Waals surface area contributed by atoms with Crippen molar-refractivity contribution >= 4 is 0 Å². The van der Waals surface area contributed by atoms with Crippen molar-refractivity contribution in [3.8, 4) is 0 Å². The van der Waals surface area contributed by atoms with Crippen LogP contribution < -0.4 is 0 Å². The number of rotatable bonds is 4. The number of hydrogen-bond acceptors (Lipinski definition) is 2. The van der Waals surface area contributed by atoms with E-state index in [1.807, 2.05) is 0 Å². The molecule has 2 nitrogen and oxygen atoms in total. The van der Waals surface area contributed by atoms with Crippen LogP contribution in [0.4, 0.5) is 0 Å². The minimum absolute atomic E-state index is 0.487. The molecule has 2 heterocycles. The Bertz CT molecular complexity index is 267. The fourth-order valence-corrected chi connectivity index (χ4v) is 4.20. The van der Waals surface area contributed by atoms with E-state index in [1.165, 1.54) is 52.0 Å². The largest absolute Gasteiger partial charge is 0.306 e. The Labute approximate surface area is 114 Å². The van der Waals surface area contributed by atoms with Gasteiger partial charge in [-0.2, -0.15) is 0 Å². The zero-order valence-corrected chi connectivity index (χ0v) is 13.1. The van der Waals surface area contributed by atoms with E-state index in [0.717, 1.165) is 5.92 Å². The van der Waals surface area contributed by atoms with Crippen LogP contribution in [0.3, 0.4) is 0 Å². The molecule has 2 heteroatoms. The van der Waals surface area contributed by atoms with Crippen molar-refractivity contribution in [1.82, 2.24) is 9.80 Å². The van der Waals surface area contributed by atoms with Gasteiger partial charge >= 0.3 is 0 Å². The van der Waals surface area contributed by atoms with Gasteiger partial charge in [-0.1, -0.05) is 27.7 Å². The number of nitrogens with zero attached hydrogens (tertiary/aromatic N) is 2. The zero-order valence-electron chi connectivity index (χ0n) is 13.1. The van der Waals surface area contributed by atoms with Gasteiger partial charge in [0.1, 0.15) is 0 Å². The van der Waals surface area contributed by atoms with Gasteiger partial charge in [-0.15, -0.1) is 0 Å². The molecule has 2 saturated heterocycles. The molecular weight excluding hydrogens is 220 g/mol. The summed E-state index contributed by atoms with van der Waals surface area (Å²) >= 11 is 0. The summed E-state index contributed by atoms with van der Waals surface area (Å²) < 4.78 is 0. The molecule has 0 aromatic carbocycles. The van der Waals surface area contributed by atoms with Gasteiger partial charge in [-0.05, 0) is 56.1 Å². The van der Waals surface area contributed by atoms with Crippen LogP contribution in [-0.2, 0) is 0 Å². The highest BCUT2D eigenvalue weighted by Crippen LogP contribution is 2.42. The third-order valence-electron chi connectivity index (χ3n) is 4.78. The van der Waals surface area contributed by atoms with E-state index in [1.54, 1.807) is 0 Å². The van der Waals surface area contributed by atoms with Crippen molar-refractivity contribution in [2.45, 2.75) is 47.0 Å². The van der Waals surface area contributed by atoms with E-state index < -0.39 is 0 Å². The Morgan fingerprint density at radius 2 is 1.67 bits per heavy atom. The fraction of sp³-hybridized carbons (Fsp3) is 1.00. The summed E-state index contributed by atoms with van der Waals surface area (Å²) in [7, 11) is 2.26. The Balaban J connectivity index is 1.76.